The fourth-order valence-electron chi connectivity index (χ4n) is 1.86. The molecule has 0 amide bonds. The Hall–Kier alpha value is 0.596. The Morgan fingerprint density at radius 1 is 0.889 bits per heavy atom. The fourth-order valence-corrected chi connectivity index (χ4v) is 1.86. The molecule has 1 nitrogen and oxygen atoms in total. The third kappa shape index (κ3) is 1.54. The van der Waals surface area contributed by atoms with Crippen molar-refractivity contribution in [3.05, 3.63) is 0 Å². The molecule has 3 saturated heterocycles. The number of rotatable bonds is 0. The average Bonchev–Trinajstić information content (AvgIpc) is 1.92. The molecule has 0 aromatic carbocycles. The van der Waals surface area contributed by atoms with E-state index in [0.717, 1.165) is 5.92 Å². The van der Waals surface area contributed by atoms with E-state index in [2.05, 4.69) is 4.90 Å². The number of nitrogens with zero attached hydrogens (tertiary/aromatic N) is 1. The van der Waals surface area contributed by atoms with Gasteiger partial charge in [0.1, 0.15) is 0 Å². The quantitative estimate of drug-likeness (QED) is 0.497. The van der Waals surface area contributed by atoms with Gasteiger partial charge < -0.3 is 4.90 Å². The number of fused-ring (bicyclic) bond motifs is 3. The van der Waals surface area contributed by atoms with Gasteiger partial charge in [-0.15, -0.1) is 0 Å². The van der Waals surface area contributed by atoms with Crippen LogP contribution in [0.2, 0.25) is 0 Å². The molecule has 0 unspecified atom stereocenters. The van der Waals surface area contributed by atoms with Crippen LogP contribution in [-0.2, 0) is 0 Å². The number of hydrogen-bond donors (Lipinski definition) is 0. The van der Waals surface area contributed by atoms with Crippen molar-refractivity contribution in [3.8, 4) is 0 Å². The van der Waals surface area contributed by atoms with E-state index in [0.29, 0.717) is 0 Å². The van der Waals surface area contributed by atoms with Crippen molar-refractivity contribution in [1.82, 2.24) is 4.90 Å². The Morgan fingerprint density at radius 2 is 1.33 bits per heavy atom. The van der Waals surface area contributed by atoms with E-state index in [1.807, 2.05) is 0 Å². The van der Waals surface area contributed by atoms with Gasteiger partial charge in [0.25, 0.3) is 0 Å². The Bertz CT molecular complexity index is 63.9. The van der Waals surface area contributed by atoms with Crippen molar-refractivity contribution in [2.45, 2.75) is 19.3 Å². The predicted molar refractivity (Wildman–Crippen MR) is 39.5 cm³/mol. The van der Waals surface area contributed by atoms with Crippen LogP contribution in [0.5, 0.6) is 0 Å². The van der Waals surface area contributed by atoms with Crippen molar-refractivity contribution in [2.75, 3.05) is 19.6 Å². The molecule has 3 heterocycles. The van der Waals surface area contributed by atoms with Gasteiger partial charge in [0.05, 0.1) is 0 Å². The molecule has 3 aliphatic heterocycles. The molecule has 9 heavy (non-hydrogen) atoms. The summed E-state index contributed by atoms with van der Waals surface area (Å²) in [5.41, 5.74) is 0. The molecule has 0 N–H and O–H groups in total. The van der Waals surface area contributed by atoms with Crippen LogP contribution in [0.3, 0.4) is 0 Å². The van der Waals surface area contributed by atoms with Crippen molar-refractivity contribution >= 4 is 19.8 Å². The fraction of sp³-hybridized carbons (Fsp3) is 1.00. The van der Waals surface area contributed by atoms with Crippen molar-refractivity contribution < 1.29 is 0 Å². The van der Waals surface area contributed by atoms with Crippen molar-refractivity contribution in [3.63, 3.8) is 0 Å². The van der Waals surface area contributed by atoms with Crippen molar-refractivity contribution in [2.24, 2.45) is 5.92 Å². The Balaban J connectivity index is 0.000000405. The minimum Gasteiger partial charge on any atom is -0.303 e. The summed E-state index contributed by atoms with van der Waals surface area (Å²) in [6, 6.07) is 0. The first-order valence-corrected chi connectivity index (χ1v) is 3.67. The SMILES string of the molecule is C1CN2CCC1CC2.[Ga]. The monoisotopic (exact) mass is 180 g/mol. The molecular formula is C7H13GaN. The van der Waals surface area contributed by atoms with Gasteiger partial charge in [0, 0.05) is 19.8 Å². The molecule has 2 bridgehead atoms. The predicted octanol–water partition coefficient (Wildman–Crippen LogP) is 0.721. The third-order valence-electron chi connectivity index (χ3n) is 2.56. The Kier molecular flexibility index (Phi) is 2.67. The summed E-state index contributed by atoms with van der Waals surface area (Å²) in [6.45, 7) is 4.18. The number of hydrogen-bond acceptors (Lipinski definition) is 1. The summed E-state index contributed by atoms with van der Waals surface area (Å²) in [6.07, 6.45) is 4.46. The maximum absolute atomic E-state index is 2.58. The van der Waals surface area contributed by atoms with Crippen LogP contribution < -0.4 is 0 Å². The van der Waals surface area contributed by atoms with Gasteiger partial charge in [-0.1, -0.05) is 0 Å². The largest absolute Gasteiger partial charge is 0.303 e. The second kappa shape index (κ2) is 3.13. The van der Waals surface area contributed by atoms with Crippen LogP contribution in [0.1, 0.15) is 19.3 Å². The van der Waals surface area contributed by atoms with E-state index >= 15 is 0 Å². The molecule has 0 aliphatic carbocycles. The van der Waals surface area contributed by atoms with Gasteiger partial charge in [0.2, 0.25) is 0 Å². The van der Waals surface area contributed by atoms with Crippen molar-refractivity contribution in [1.29, 1.82) is 0 Å². The zero-order valence-corrected chi connectivity index (χ0v) is 8.27. The van der Waals surface area contributed by atoms with Crippen LogP contribution in [0.25, 0.3) is 0 Å². The molecule has 3 aliphatic rings. The Morgan fingerprint density at radius 3 is 1.44 bits per heavy atom. The van der Waals surface area contributed by atoms with Gasteiger partial charge in [-0.05, 0) is 44.8 Å². The van der Waals surface area contributed by atoms with E-state index < -0.39 is 0 Å². The van der Waals surface area contributed by atoms with Gasteiger partial charge >= 0.3 is 0 Å². The summed E-state index contributed by atoms with van der Waals surface area (Å²) >= 11 is 0. The van der Waals surface area contributed by atoms with E-state index in [-0.39, 0.29) is 19.8 Å². The molecule has 0 aromatic heterocycles. The van der Waals surface area contributed by atoms with E-state index in [4.69, 9.17) is 0 Å². The molecule has 2 heteroatoms. The van der Waals surface area contributed by atoms with Crippen LogP contribution in [-0.4, -0.2) is 44.3 Å². The minimum absolute atomic E-state index is 0. The van der Waals surface area contributed by atoms with Crippen LogP contribution >= 0.6 is 0 Å². The Labute approximate surface area is 69.9 Å². The summed E-state index contributed by atoms with van der Waals surface area (Å²) < 4.78 is 0. The van der Waals surface area contributed by atoms with Gasteiger partial charge in [-0.25, -0.2) is 0 Å². The normalized spacial score (nSPS) is 40.0. The van der Waals surface area contributed by atoms with Gasteiger partial charge in [-0.3, -0.25) is 0 Å². The third-order valence-corrected chi connectivity index (χ3v) is 2.56. The maximum Gasteiger partial charge on any atom is 0 e. The van der Waals surface area contributed by atoms with Gasteiger partial charge in [0.15, 0.2) is 0 Å². The second-order valence-corrected chi connectivity index (χ2v) is 3.07. The molecule has 49 valence electrons. The molecular weight excluding hydrogens is 168 g/mol. The average molecular weight is 181 g/mol. The maximum atomic E-state index is 2.58. The topological polar surface area (TPSA) is 3.24 Å². The molecule has 0 saturated carbocycles. The molecule has 3 fully saturated rings. The second-order valence-electron chi connectivity index (χ2n) is 3.07. The van der Waals surface area contributed by atoms with E-state index in [9.17, 15) is 0 Å². The first-order chi connectivity index (χ1) is 3.95. The minimum atomic E-state index is 0. The first kappa shape index (κ1) is 7.70. The molecule has 3 radical (unpaired) electrons. The van der Waals surface area contributed by atoms with Crippen LogP contribution in [0.4, 0.5) is 0 Å². The zero-order valence-electron chi connectivity index (χ0n) is 5.84. The summed E-state index contributed by atoms with van der Waals surface area (Å²) in [4.78, 5) is 2.58. The van der Waals surface area contributed by atoms with Crippen LogP contribution in [0, 0.1) is 5.92 Å². The molecule has 0 spiro atoms. The first-order valence-electron chi connectivity index (χ1n) is 3.67. The standard InChI is InChI=1S/C7H13N.Ga/c1-4-8-5-2-7(1)3-6-8;/h7H,1-6H2;. The summed E-state index contributed by atoms with van der Waals surface area (Å²) in [5, 5.41) is 0. The smallest absolute Gasteiger partial charge is 0 e. The van der Waals surface area contributed by atoms with E-state index in [1.54, 1.807) is 0 Å². The van der Waals surface area contributed by atoms with Gasteiger partial charge in [-0.2, -0.15) is 0 Å². The molecule has 0 aromatic rings. The van der Waals surface area contributed by atoms with E-state index in [1.165, 1.54) is 38.9 Å². The van der Waals surface area contributed by atoms with Crippen LogP contribution in [0.15, 0.2) is 0 Å². The molecule has 3 rings (SSSR count). The summed E-state index contributed by atoms with van der Waals surface area (Å²) in [5.74, 6) is 1.11. The number of piperidine rings is 3. The molecule has 0 atom stereocenters. The zero-order chi connectivity index (χ0) is 5.40. The summed E-state index contributed by atoms with van der Waals surface area (Å²) in [7, 11) is 0.